The van der Waals surface area contributed by atoms with E-state index in [0.29, 0.717) is 0 Å². The maximum absolute atomic E-state index is 5.39. The van der Waals surface area contributed by atoms with Gasteiger partial charge in [0.25, 0.3) is 0 Å². The molecular weight excluding hydrogens is 328 g/mol. The number of morpholine rings is 1. The molecule has 1 N–H and O–H groups in total. The summed E-state index contributed by atoms with van der Waals surface area (Å²) in [6, 6.07) is 12.3. The molecular formula is C16H16N4OS2. The number of rotatable bonds is 4. The summed E-state index contributed by atoms with van der Waals surface area (Å²) in [5.41, 5.74) is 4.02. The van der Waals surface area contributed by atoms with Crippen LogP contribution in [0.2, 0.25) is 0 Å². The van der Waals surface area contributed by atoms with E-state index < -0.39 is 0 Å². The molecule has 3 heterocycles. The molecule has 23 heavy (non-hydrogen) atoms. The highest BCUT2D eigenvalue weighted by Gasteiger charge is 2.12. The van der Waals surface area contributed by atoms with Gasteiger partial charge in [-0.05, 0) is 24.3 Å². The normalized spacial score (nSPS) is 15.6. The first-order chi connectivity index (χ1) is 11.4. The number of nitrogens with one attached hydrogen (secondary N) is 1. The summed E-state index contributed by atoms with van der Waals surface area (Å²) in [6.45, 7) is 3.53. The minimum Gasteiger partial charge on any atom is -0.378 e. The number of benzene rings is 1. The van der Waals surface area contributed by atoms with Gasteiger partial charge in [-0.3, -0.25) is 5.43 Å². The van der Waals surface area contributed by atoms with E-state index in [4.69, 9.17) is 4.74 Å². The molecule has 1 saturated heterocycles. The minimum atomic E-state index is 0.806. The maximum Gasteiger partial charge on any atom is 0.204 e. The van der Waals surface area contributed by atoms with Gasteiger partial charge in [-0.2, -0.15) is 5.10 Å². The summed E-state index contributed by atoms with van der Waals surface area (Å²) in [5, 5.41) is 6.39. The van der Waals surface area contributed by atoms with Crippen LogP contribution >= 0.6 is 22.7 Å². The van der Waals surface area contributed by atoms with E-state index >= 15 is 0 Å². The van der Waals surface area contributed by atoms with Crippen LogP contribution in [0.15, 0.2) is 41.5 Å². The summed E-state index contributed by atoms with van der Waals surface area (Å²) in [5.74, 6) is 0. The van der Waals surface area contributed by atoms with Gasteiger partial charge < -0.3 is 9.64 Å². The molecule has 2 aromatic heterocycles. The van der Waals surface area contributed by atoms with Crippen LogP contribution in [0.5, 0.6) is 0 Å². The molecule has 0 aliphatic carbocycles. The van der Waals surface area contributed by atoms with Crippen molar-refractivity contribution < 1.29 is 4.74 Å². The highest BCUT2D eigenvalue weighted by molar-refractivity contribution is 7.22. The van der Waals surface area contributed by atoms with Crippen LogP contribution in [0.4, 0.5) is 10.1 Å². The van der Waals surface area contributed by atoms with Crippen LogP contribution in [0.25, 0.3) is 10.2 Å². The van der Waals surface area contributed by atoms with Gasteiger partial charge in [0.05, 0.1) is 34.6 Å². The van der Waals surface area contributed by atoms with Gasteiger partial charge in [-0.1, -0.05) is 23.5 Å². The Morgan fingerprint density at radius 3 is 2.87 bits per heavy atom. The second-order valence-corrected chi connectivity index (χ2v) is 7.26. The number of anilines is 2. The van der Waals surface area contributed by atoms with E-state index in [1.54, 1.807) is 22.7 Å². The molecule has 1 fully saturated rings. The summed E-state index contributed by atoms with van der Waals surface area (Å²) >= 11 is 3.35. The Hall–Kier alpha value is -1.96. The van der Waals surface area contributed by atoms with Crippen LogP contribution in [0.1, 0.15) is 4.88 Å². The highest BCUT2D eigenvalue weighted by Crippen LogP contribution is 2.27. The average molecular weight is 344 g/mol. The zero-order chi connectivity index (χ0) is 15.5. The molecule has 0 unspecified atom stereocenters. The molecule has 0 radical (unpaired) electrons. The molecule has 5 nitrogen and oxygen atoms in total. The second-order valence-electron chi connectivity index (χ2n) is 5.13. The molecule has 0 amide bonds. The van der Waals surface area contributed by atoms with Crippen molar-refractivity contribution in [2.24, 2.45) is 5.10 Å². The lowest BCUT2D eigenvalue weighted by Crippen LogP contribution is -2.35. The van der Waals surface area contributed by atoms with Gasteiger partial charge in [0.1, 0.15) is 0 Å². The number of hydrogen-bond donors (Lipinski definition) is 1. The van der Waals surface area contributed by atoms with Crippen molar-refractivity contribution in [2.75, 3.05) is 36.6 Å². The molecule has 0 spiro atoms. The van der Waals surface area contributed by atoms with Gasteiger partial charge in [-0.15, -0.1) is 11.3 Å². The fraction of sp³-hybridized carbons (Fsp3) is 0.250. The number of fused-ring (bicyclic) bond motifs is 1. The van der Waals surface area contributed by atoms with Gasteiger partial charge in [-0.25, -0.2) is 4.98 Å². The van der Waals surface area contributed by atoms with E-state index in [2.05, 4.69) is 38.6 Å². The Bertz CT molecular complexity index is 787. The summed E-state index contributed by atoms with van der Waals surface area (Å²) in [7, 11) is 0. The fourth-order valence-corrected chi connectivity index (χ4v) is 4.18. The average Bonchev–Trinajstić information content (AvgIpc) is 3.22. The predicted molar refractivity (Wildman–Crippen MR) is 98.2 cm³/mol. The molecule has 0 saturated carbocycles. The largest absolute Gasteiger partial charge is 0.378 e. The van der Waals surface area contributed by atoms with Crippen molar-refractivity contribution in [3.63, 3.8) is 0 Å². The van der Waals surface area contributed by atoms with Crippen molar-refractivity contribution in [1.29, 1.82) is 0 Å². The topological polar surface area (TPSA) is 49.8 Å². The zero-order valence-electron chi connectivity index (χ0n) is 12.4. The molecule has 118 valence electrons. The van der Waals surface area contributed by atoms with Crippen LogP contribution in [0.3, 0.4) is 0 Å². The second kappa shape index (κ2) is 6.66. The maximum atomic E-state index is 5.39. The van der Waals surface area contributed by atoms with Crippen molar-refractivity contribution in [1.82, 2.24) is 4.98 Å². The van der Waals surface area contributed by atoms with Crippen LogP contribution in [-0.2, 0) is 4.74 Å². The first kappa shape index (κ1) is 14.6. The third-order valence-corrected chi connectivity index (χ3v) is 5.60. The summed E-state index contributed by atoms with van der Waals surface area (Å²) in [6.07, 6.45) is 1.85. The third kappa shape index (κ3) is 3.36. The van der Waals surface area contributed by atoms with Gasteiger partial charge in [0, 0.05) is 18.0 Å². The molecule has 7 heteroatoms. The van der Waals surface area contributed by atoms with E-state index in [0.717, 1.165) is 46.5 Å². The Morgan fingerprint density at radius 2 is 2.00 bits per heavy atom. The lowest BCUT2D eigenvalue weighted by atomic mass is 10.3. The highest BCUT2D eigenvalue weighted by atomic mass is 32.1. The molecule has 1 aromatic carbocycles. The standard InChI is InChI=1S/C16H16N4OS2/c1-2-4-14-13(3-1)18-16(23-14)19-17-11-12-5-6-15(22-12)20-7-9-21-10-8-20/h1-6,11H,7-10H2,(H,18,19)/b17-11+. The Kier molecular flexibility index (Phi) is 4.23. The number of thiophene rings is 1. The van der Waals surface area contributed by atoms with Crippen LogP contribution in [0, 0.1) is 0 Å². The molecule has 1 aliphatic heterocycles. The molecule has 0 bridgehead atoms. The van der Waals surface area contributed by atoms with Crippen LogP contribution in [-0.4, -0.2) is 37.5 Å². The van der Waals surface area contributed by atoms with Crippen molar-refractivity contribution >= 4 is 49.2 Å². The first-order valence-electron chi connectivity index (χ1n) is 7.46. The molecule has 4 rings (SSSR count). The molecule has 3 aromatic rings. The van der Waals surface area contributed by atoms with Gasteiger partial charge in [0.2, 0.25) is 5.13 Å². The smallest absolute Gasteiger partial charge is 0.204 e. The van der Waals surface area contributed by atoms with Crippen molar-refractivity contribution in [3.8, 4) is 0 Å². The minimum absolute atomic E-state index is 0.806. The van der Waals surface area contributed by atoms with E-state index in [9.17, 15) is 0 Å². The van der Waals surface area contributed by atoms with E-state index in [-0.39, 0.29) is 0 Å². The lowest BCUT2D eigenvalue weighted by Gasteiger charge is -2.27. The van der Waals surface area contributed by atoms with E-state index in [1.165, 1.54) is 5.00 Å². The van der Waals surface area contributed by atoms with Gasteiger partial charge in [0.15, 0.2) is 0 Å². The van der Waals surface area contributed by atoms with Crippen LogP contribution < -0.4 is 10.3 Å². The Labute approximate surface area is 142 Å². The number of aromatic nitrogens is 1. The number of hydrazone groups is 1. The lowest BCUT2D eigenvalue weighted by molar-refractivity contribution is 0.123. The van der Waals surface area contributed by atoms with Gasteiger partial charge >= 0.3 is 0 Å². The van der Waals surface area contributed by atoms with Crippen molar-refractivity contribution in [2.45, 2.75) is 0 Å². The monoisotopic (exact) mass is 344 g/mol. The Morgan fingerprint density at radius 1 is 1.13 bits per heavy atom. The number of hydrogen-bond acceptors (Lipinski definition) is 7. The fourth-order valence-electron chi connectivity index (χ4n) is 2.44. The number of thiazole rings is 1. The number of para-hydroxylation sites is 1. The molecule has 1 aliphatic rings. The summed E-state index contributed by atoms with van der Waals surface area (Å²) in [4.78, 5) is 7.98. The Balaban J connectivity index is 1.41. The number of nitrogens with zero attached hydrogens (tertiary/aromatic N) is 3. The first-order valence-corrected chi connectivity index (χ1v) is 9.09. The third-order valence-electron chi connectivity index (χ3n) is 3.58. The SMILES string of the molecule is C(=N\Nc1nc2ccccc2s1)/c1ccc(N2CCOCC2)s1. The predicted octanol–water partition coefficient (Wildman–Crippen LogP) is 3.64. The van der Waals surface area contributed by atoms with Crippen molar-refractivity contribution in [3.05, 3.63) is 41.3 Å². The number of ether oxygens (including phenoxy) is 1. The quantitative estimate of drug-likeness (QED) is 0.580. The zero-order valence-corrected chi connectivity index (χ0v) is 14.1. The van der Waals surface area contributed by atoms with E-state index in [1.807, 2.05) is 24.4 Å². The summed E-state index contributed by atoms with van der Waals surface area (Å²) < 4.78 is 6.55. The molecule has 0 atom stereocenters.